The molecule has 100 valence electrons. The van der Waals surface area contributed by atoms with Crippen molar-refractivity contribution < 1.29 is 0 Å². The van der Waals surface area contributed by atoms with E-state index in [2.05, 4.69) is 16.6 Å². The molecule has 1 aliphatic rings. The van der Waals surface area contributed by atoms with Crippen LogP contribution in [0.5, 0.6) is 0 Å². The molecule has 0 radical (unpaired) electrons. The molecule has 0 saturated heterocycles. The highest BCUT2D eigenvalue weighted by Gasteiger charge is 2.20. The fourth-order valence-electron chi connectivity index (χ4n) is 2.56. The lowest BCUT2D eigenvalue weighted by atomic mass is 9.92. The summed E-state index contributed by atoms with van der Waals surface area (Å²) in [5.41, 5.74) is 11.2. The Bertz CT molecular complexity index is 421. The molecule has 5 nitrogen and oxygen atoms in total. The summed E-state index contributed by atoms with van der Waals surface area (Å²) in [5.74, 6) is 6.40. The fourth-order valence-corrected chi connectivity index (χ4v) is 2.56. The minimum Gasteiger partial charge on any atom is -0.384 e. The van der Waals surface area contributed by atoms with Crippen molar-refractivity contribution in [2.24, 2.45) is 12.9 Å². The van der Waals surface area contributed by atoms with Gasteiger partial charge in [-0.3, -0.25) is 10.5 Å². The molecule has 0 aliphatic heterocycles. The van der Waals surface area contributed by atoms with Gasteiger partial charge in [-0.15, -0.1) is 0 Å². The Hall–Kier alpha value is -1.33. The van der Waals surface area contributed by atoms with Crippen molar-refractivity contribution in [2.75, 3.05) is 5.73 Å². The van der Waals surface area contributed by atoms with Crippen LogP contribution in [0.2, 0.25) is 0 Å². The smallest absolute Gasteiger partial charge is 0.126 e. The van der Waals surface area contributed by atoms with Crippen molar-refractivity contribution in [3.8, 4) is 0 Å². The Morgan fingerprint density at radius 1 is 1.33 bits per heavy atom. The van der Waals surface area contributed by atoms with Gasteiger partial charge in [0.1, 0.15) is 5.82 Å². The molecule has 18 heavy (non-hydrogen) atoms. The van der Waals surface area contributed by atoms with E-state index in [1.807, 2.05) is 7.05 Å². The molecule has 0 fully saturated rings. The first-order valence-corrected chi connectivity index (χ1v) is 6.66. The van der Waals surface area contributed by atoms with Crippen LogP contribution in [-0.4, -0.2) is 9.78 Å². The van der Waals surface area contributed by atoms with E-state index in [-0.39, 0.29) is 6.04 Å². The van der Waals surface area contributed by atoms with Gasteiger partial charge in [0, 0.05) is 12.6 Å². The first-order valence-electron chi connectivity index (χ1n) is 6.66. The lowest BCUT2D eigenvalue weighted by Gasteiger charge is -2.21. The van der Waals surface area contributed by atoms with Crippen LogP contribution in [0.4, 0.5) is 5.82 Å². The van der Waals surface area contributed by atoms with Crippen LogP contribution in [0.3, 0.4) is 0 Å². The molecular weight excluding hydrogens is 226 g/mol. The van der Waals surface area contributed by atoms with Crippen molar-refractivity contribution >= 4 is 5.82 Å². The second-order valence-corrected chi connectivity index (χ2v) is 4.94. The average Bonchev–Trinajstić information content (AvgIpc) is 2.64. The predicted molar refractivity (Wildman–Crippen MR) is 73.5 cm³/mol. The van der Waals surface area contributed by atoms with Crippen LogP contribution >= 0.6 is 0 Å². The topological polar surface area (TPSA) is 81.9 Å². The van der Waals surface area contributed by atoms with E-state index in [0.29, 0.717) is 5.82 Å². The van der Waals surface area contributed by atoms with Gasteiger partial charge in [0.2, 0.25) is 0 Å². The molecule has 0 amide bonds. The van der Waals surface area contributed by atoms with E-state index >= 15 is 0 Å². The van der Waals surface area contributed by atoms with Gasteiger partial charge in [-0.1, -0.05) is 24.5 Å². The zero-order chi connectivity index (χ0) is 13.0. The van der Waals surface area contributed by atoms with Crippen LogP contribution in [-0.2, 0) is 7.05 Å². The van der Waals surface area contributed by atoms with Crippen LogP contribution < -0.4 is 17.0 Å². The molecule has 1 atom stereocenters. The van der Waals surface area contributed by atoms with E-state index in [1.54, 1.807) is 10.9 Å². The molecule has 1 aromatic rings. The number of nitrogen functional groups attached to an aromatic ring is 1. The number of aryl methyl sites for hydroxylation is 1. The molecule has 1 unspecified atom stereocenters. The summed E-state index contributed by atoms with van der Waals surface area (Å²) in [4.78, 5) is 0. The molecule has 1 aromatic heterocycles. The van der Waals surface area contributed by atoms with Crippen LogP contribution in [0.1, 0.15) is 50.1 Å². The second-order valence-electron chi connectivity index (χ2n) is 4.94. The van der Waals surface area contributed by atoms with E-state index in [4.69, 9.17) is 11.6 Å². The zero-order valence-electron chi connectivity index (χ0n) is 11.0. The summed E-state index contributed by atoms with van der Waals surface area (Å²) in [6.45, 7) is 0. The molecule has 5 N–H and O–H groups in total. The number of allylic oxidation sites excluding steroid dienone is 1. The Labute approximate surface area is 108 Å². The third-order valence-electron chi connectivity index (χ3n) is 3.69. The normalized spacial score (nSPS) is 18.9. The third-order valence-corrected chi connectivity index (χ3v) is 3.69. The average molecular weight is 249 g/mol. The zero-order valence-corrected chi connectivity index (χ0v) is 11.0. The second kappa shape index (κ2) is 6.02. The van der Waals surface area contributed by atoms with Crippen molar-refractivity contribution in [1.82, 2.24) is 15.2 Å². The van der Waals surface area contributed by atoms with Gasteiger partial charge in [-0.05, 0) is 25.7 Å². The van der Waals surface area contributed by atoms with Crippen LogP contribution in [0.15, 0.2) is 17.8 Å². The minimum absolute atomic E-state index is 0.00296. The Kier molecular flexibility index (Phi) is 4.38. The van der Waals surface area contributed by atoms with Crippen molar-refractivity contribution in [2.45, 2.75) is 44.6 Å². The number of rotatable bonds is 3. The van der Waals surface area contributed by atoms with Gasteiger partial charge in [0.15, 0.2) is 0 Å². The Balaban J connectivity index is 2.24. The standard InChI is InChI=1S/C13H23N5/c1-18-13(14)11(9-16-18)12(17-15)10-7-5-3-2-4-6-8-10/h7,9,12,17H,2-6,8,14-15H2,1H3. The highest BCUT2D eigenvalue weighted by molar-refractivity contribution is 5.44. The summed E-state index contributed by atoms with van der Waals surface area (Å²) in [7, 11) is 1.85. The van der Waals surface area contributed by atoms with E-state index < -0.39 is 0 Å². The number of anilines is 1. The molecule has 1 aliphatic carbocycles. The van der Waals surface area contributed by atoms with Crippen molar-refractivity contribution in [1.29, 1.82) is 0 Å². The third kappa shape index (κ3) is 2.73. The summed E-state index contributed by atoms with van der Waals surface area (Å²) in [6.07, 6.45) is 11.5. The van der Waals surface area contributed by atoms with Gasteiger partial charge in [0.05, 0.1) is 12.2 Å². The van der Waals surface area contributed by atoms with Gasteiger partial charge in [0.25, 0.3) is 0 Å². The molecule has 5 heteroatoms. The summed E-state index contributed by atoms with van der Waals surface area (Å²) < 4.78 is 1.68. The van der Waals surface area contributed by atoms with Gasteiger partial charge >= 0.3 is 0 Å². The Morgan fingerprint density at radius 3 is 2.78 bits per heavy atom. The first kappa shape index (κ1) is 13.1. The molecule has 1 heterocycles. The molecule has 0 bridgehead atoms. The van der Waals surface area contributed by atoms with Crippen molar-refractivity contribution in [3.63, 3.8) is 0 Å². The number of hydrogen-bond acceptors (Lipinski definition) is 4. The van der Waals surface area contributed by atoms with Gasteiger partial charge < -0.3 is 5.73 Å². The van der Waals surface area contributed by atoms with Gasteiger partial charge in [-0.2, -0.15) is 5.10 Å². The number of aromatic nitrogens is 2. The lowest BCUT2D eigenvalue weighted by Crippen LogP contribution is -2.30. The quantitative estimate of drug-likeness (QED) is 0.433. The Morgan fingerprint density at radius 2 is 2.11 bits per heavy atom. The lowest BCUT2D eigenvalue weighted by molar-refractivity contribution is 0.556. The van der Waals surface area contributed by atoms with Crippen LogP contribution in [0.25, 0.3) is 0 Å². The van der Waals surface area contributed by atoms with E-state index in [1.165, 1.54) is 31.3 Å². The predicted octanol–water partition coefficient (Wildman–Crippen LogP) is 1.79. The van der Waals surface area contributed by atoms with Crippen LogP contribution in [0, 0.1) is 0 Å². The number of nitrogens with one attached hydrogen (secondary N) is 1. The minimum atomic E-state index is -0.00296. The molecule has 2 rings (SSSR count). The maximum absolute atomic E-state index is 6.03. The molecular formula is C13H23N5. The van der Waals surface area contributed by atoms with Crippen molar-refractivity contribution in [3.05, 3.63) is 23.4 Å². The van der Waals surface area contributed by atoms with E-state index in [9.17, 15) is 0 Å². The molecule has 0 spiro atoms. The maximum Gasteiger partial charge on any atom is 0.126 e. The number of nitrogens with zero attached hydrogens (tertiary/aromatic N) is 2. The van der Waals surface area contributed by atoms with Gasteiger partial charge in [-0.25, -0.2) is 5.43 Å². The highest BCUT2D eigenvalue weighted by atomic mass is 15.3. The number of nitrogens with two attached hydrogens (primary N) is 2. The number of hydrogen-bond donors (Lipinski definition) is 3. The fraction of sp³-hybridized carbons (Fsp3) is 0.615. The molecule has 0 saturated carbocycles. The highest BCUT2D eigenvalue weighted by Crippen LogP contribution is 2.30. The summed E-state index contributed by atoms with van der Waals surface area (Å²) >= 11 is 0. The molecule has 0 aromatic carbocycles. The van der Waals surface area contributed by atoms with E-state index in [0.717, 1.165) is 18.4 Å². The SMILES string of the molecule is Cn1ncc(C(NN)C2=CCCCCCC2)c1N. The summed E-state index contributed by atoms with van der Waals surface area (Å²) in [5, 5.41) is 4.19. The maximum atomic E-state index is 6.03. The summed E-state index contributed by atoms with van der Waals surface area (Å²) in [6, 6.07) is -0.00296. The first-order chi connectivity index (χ1) is 8.74. The largest absolute Gasteiger partial charge is 0.384 e. The number of hydrazine groups is 1. The monoisotopic (exact) mass is 249 g/mol.